The third-order valence-electron chi connectivity index (χ3n) is 2.88. The van der Waals surface area contributed by atoms with E-state index in [0.29, 0.717) is 16.9 Å². The van der Waals surface area contributed by atoms with Crippen LogP contribution in [0.3, 0.4) is 0 Å². The largest absolute Gasteiger partial charge is 0.481 e. The molecule has 0 fully saturated rings. The van der Waals surface area contributed by atoms with Crippen LogP contribution >= 0.6 is 15.9 Å². The first kappa shape index (κ1) is 16.7. The van der Waals surface area contributed by atoms with E-state index in [1.807, 2.05) is 6.07 Å². The van der Waals surface area contributed by atoms with Crippen LogP contribution in [0.5, 0.6) is 5.75 Å². The number of ketones is 1. The molecule has 0 radical (unpaired) electrons. The summed E-state index contributed by atoms with van der Waals surface area (Å²) in [4.78, 5) is 23.5. The van der Waals surface area contributed by atoms with E-state index in [2.05, 4.69) is 15.9 Å². The number of halogens is 1. The number of hydrogen-bond donors (Lipinski definition) is 0. The molecule has 116 valence electrons. The van der Waals surface area contributed by atoms with Crippen LogP contribution in [0.25, 0.3) is 0 Å². The van der Waals surface area contributed by atoms with E-state index >= 15 is 0 Å². The maximum absolute atomic E-state index is 11.9. The van der Waals surface area contributed by atoms with E-state index in [1.54, 1.807) is 48.5 Å². The SMILES string of the molecule is N#Cc1ccccc1OCC(=O)OCC(=O)c1ccc(Br)cc1. The number of Topliss-reactive ketones (excluding diaryl/α,β-unsaturated/α-hetero) is 1. The topological polar surface area (TPSA) is 76.4 Å². The zero-order chi connectivity index (χ0) is 16.7. The minimum atomic E-state index is -0.678. The molecule has 0 heterocycles. The van der Waals surface area contributed by atoms with Gasteiger partial charge in [0.1, 0.15) is 11.8 Å². The minimum absolute atomic E-state index is 0.297. The summed E-state index contributed by atoms with van der Waals surface area (Å²) in [6.45, 7) is -0.726. The van der Waals surface area contributed by atoms with Crippen LogP contribution in [0.1, 0.15) is 15.9 Å². The third kappa shape index (κ3) is 4.94. The summed E-state index contributed by atoms with van der Waals surface area (Å²) >= 11 is 3.28. The highest BCUT2D eigenvalue weighted by Crippen LogP contribution is 2.16. The van der Waals surface area contributed by atoms with E-state index in [4.69, 9.17) is 14.7 Å². The van der Waals surface area contributed by atoms with Crippen molar-refractivity contribution in [2.45, 2.75) is 0 Å². The lowest BCUT2D eigenvalue weighted by Crippen LogP contribution is -2.19. The van der Waals surface area contributed by atoms with Crippen LogP contribution in [-0.2, 0) is 9.53 Å². The molecule has 2 rings (SSSR count). The molecule has 0 saturated heterocycles. The van der Waals surface area contributed by atoms with Gasteiger partial charge in [-0.05, 0) is 24.3 Å². The van der Waals surface area contributed by atoms with Crippen molar-refractivity contribution in [2.75, 3.05) is 13.2 Å². The summed E-state index contributed by atoms with van der Waals surface area (Å²) in [5, 5.41) is 8.91. The van der Waals surface area contributed by atoms with Gasteiger partial charge in [-0.2, -0.15) is 5.26 Å². The quantitative estimate of drug-likeness (QED) is 0.574. The van der Waals surface area contributed by atoms with Gasteiger partial charge in [0.15, 0.2) is 19.0 Å². The van der Waals surface area contributed by atoms with Crippen molar-refractivity contribution in [1.29, 1.82) is 5.26 Å². The first-order chi connectivity index (χ1) is 11.1. The van der Waals surface area contributed by atoms with Crippen molar-refractivity contribution < 1.29 is 19.1 Å². The molecule has 0 aromatic heterocycles. The zero-order valence-corrected chi connectivity index (χ0v) is 13.6. The molecule has 2 aromatic rings. The molecule has 5 nitrogen and oxygen atoms in total. The summed E-state index contributed by atoms with van der Waals surface area (Å²) in [5.41, 5.74) is 0.781. The fourth-order valence-electron chi connectivity index (χ4n) is 1.73. The highest BCUT2D eigenvalue weighted by Gasteiger charge is 2.11. The highest BCUT2D eigenvalue weighted by atomic mass is 79.9. The van der Waals surface area contributed by atoms with Gasteiger partial charge in [0.2, 0.25) is 0 Å². The van der Waals surface area contributed by atoms with E-state index in [0.717, 1.165) is 4.47 Å². The van der Waals surface area contributed by atoms with Gasteiger partial charge in [0.25, 0.3) is 0 Å². The molecule has 0 bridgehead atoms. The lowest BCUT2D eigenvalue weighted by molar-refractivity contribution is -0.144. The van der Waals surface area contributed by atoms with Gasteiger partial charge in [0.05, 0.1) is 5.56 Å². The summed E-state index contributed by atoms with van der Waals surface area (Å²) in [5.74, 6) is -0.683. The van der Waals surface area contributed by atoms with Crippen LogP contribution in [-0.4, -0.2) is 25.0 Å². The van der Waals surface area contributed by atoms with E-state index in [-0.39, 0.29) is 19.0 Å². The lowest BCUT2D eigenvalue weighted by Gasteiger charge is -2.07. The third-order valence-corrected chi connectivity index (χ3v) is 3.41. The Hall–Kier alpha value is -2.65. The molecule has 0 aliphatic carbocycles. The Morgan fingerprint density at radius 2 is 1.74 bits per heavy atom. The molecule has 2 aromatic carbocycles. The van der Waals surface area contributed by atoms with Gasteiger partial charge >= 0.3 is 5.97 Å². The average molecular weight is 374 g/mol. The second kappa shape index (κ2) is 8.11. The lowest BCUT2D eigenvalue weighted by atomic mass is 10.1. The molecular weight excluding hydrogens is 362 g/mol. The van der Waals surface area contributed by atoms with Gasteiger partial charge < -0.3 is 9.47 Å². The Labute approximate surface area is 141 Å². The monoisotopic (exact) mass is 373 g/mol. The standard InChI is InChI=1S/C17H12BrNO4/c18-14-7-5-12(6-8-14)15(20)10-23-17(21)11-22-16-4-2-1-3-13(16)9-19/h1-8H,10-11H2. The van der Waals surface area contributed by atoms with Crippen molar-refractivity contribution >= 4 is 27.7 Å². The first-order valence-electron chi connectivity index (χ1n) is 6.66. The number of nitrogens with zero attached hydrogens (tertiary/aromatic N) is 1. The number of esters is 1. The Morgan fingerprint density at radius 1 is 1.04 bits per heavy atom. The first-order valence-corrected chi connectivity index (χ1v) is 7.46. The number of ether oxygens (including phenoxy) is 2. The predicted molar refractivity (Wildman–Crippen MR) is 86.1 cm³/mol. The summed E-state index contributed by atoms with van der Waals surface area (Å²) in [6.07, 6.45) is 0. The van der Waals surface area contributed by atoms with Crippen LogP contribution in [0.4, 0.5) is 0 Å². The van der Waals surface area contributed by atoms with Crippen LogP contribution < -0.4 is 4.74 Å². The Morgan fingerprint density at radius 3 is 2.43 bits per heavy atom. The molecule has 0 saturated carbocycles. The predicted octanol–water partition coefficient (Wildman–Crippen LogP) is 3.13. The van der Waals surface area contributed by atoms with Crippen LogP contribution in [0.2, 0.25) is 0 Å². The Bertz CT molecular complexity index is 750. The second-order valence-electron chi connectivity index (χ2n) is 4.49. The fraction of sp³-hybridized carbons (Fsp3) is 0.118. The van der Waals surface area contributed by atoms with Crippen molar-refractivity contribution in [3.05, 3.63) is 64.1 Å². The Kier molecular flexibility index (Phi) is 5.89. The normalized spacial score (nSPS) is 9.74. The smallest absolute Gasteiger partial charge is 0.344 e. The highest BCUT2D eigenvalue weighted by molar-refractivity contribution is 9.10. The molecule has 23 heavy (non-hydrogen) atoms. The maximum atomic E-state index is 11.9. The number of para-hydroxylation sites is 1. The summed E-state index contributed by atoms with van der Waals surface area (Å²) in [7, 11) is 0. The number of hydrogen-bond acceptors (Lipinski definition) is 5. The molecule has 0 atom stereocenters. The van der Waals surface area contributed by atoms with Gasteiger partial charge in [-0.3, -0.25) is 4.79 Å². The van der Waals surface area contributed by atoms with Gasteiger partial charge in [-0.1, -0.05) is 40.2 Å². The van der Waals surface area contributed by atoms with Crippen molar-refractivity contribution in [1.82, 2.24) is 0 Å². The Balaban J connectivity index is 1.82. The molecule has 0 amide bonds. The van der Waals surface area contributed by atoms with Gasteiger partial charge in [-0.15, -0.1) is 0 Å². The van der Waals surface area contributed by atoms with E-state index < -0.39 is 5.97 Å². The summed E-state index contributed by atoms with van der Waals surface area (Å²) in [6, 6.07) is 15.3. The molecular formula is C17H12BrNO4. The molecule has 0 unspecified atom stereocenters. The van der Waals surface area contributed by atoms with Crippen molar-refractivity contribution in [3.8, 4) is 11.8 Å². The molecule has 0 aliphatic heterocycles. The maximum Gasteiger partial charge on any atom is 0.344 e. The van der Waals surface area contributed by atoms with Crippen molar-refractivity contribution in [2.24, 2.45) is 0 Å². The van der Waals surface area contributed by atoms with Crippen molar-refractivity contribution in [3.63, 3.8) is 0 Å². The molecule has 6 heteroatoms. The van der Waals surface area contributed by atoms with Crippen LogP contribution in [0, 0.1) is 11.3 Å². The summed E-state index contributed by atoms with van der Waals surface area (Å²) < 4.78 is 11.0. The minimum Gasteiger partial charge on any atom is -0.481 e. The average Bonchev–Trinajstić information content (AvgIpc) is 2.58. The number of carbonyl (C=O) groups excluding carboxylic acids is 2. The molecule has 0 spiro atoms. The number of benzene rings is 2. The second-order valence-corrected chi connectivity index (χ2v) is 5.40. The molecule has 0 aliphatic rings. The van der Waals surface area contributed by atoms with E-state index in [9.17, 15) is 9.59 Å². The van der Waals surface area contributed by atoms with Crippen LogP contribution in [0.15, 0.2) is 53.0 Å². The molecule has 0 N–H and O–H groups in total. The van der Waals surface area contributed by atoms with E-state index in [1.165, 1.54) is 0 Å². The fourth-order valence-corrected chi connectivity index (χ4v) is 1.99. The number of carbonyl (C=O) groups is 2. The van der Waals surface area contributed by atoms with Gasteiger partial charge in [0, 0.05) is 10.0 Å². The van der Waals surface area contributed by atoms with Gasteiger partial charge in [-0.25, -0.2) is 4.79 Å². The zero-order valence-electron chi connectivity index (χ0n) is 12.0. The number of rotatable bonds is 6. The number of nitriles is 1.